The fourth-order valence-corrected chi connectivity index (χ4v) is 5.69. The lowest BCUT2D eigenvalue weighted by Gasteiger charge is -2.33. The van der Waals surface area contributed by atoms with E-state index in [4.69, 9.17) is 0 Å². The molecule has 1 saturated heterocycles. The molecule has 0 aromatic carbocycles. The molecule has 0 saturated carbocycles. The van der Waals surface area contributed by atoms with Crippen molar-refractivity contribution in [1.29, 1.82) is 0 Å². The van der Waals surface area contributed by atoms with E-state index in [9.17, 15) is 13.2 Å². The molecule has 1 aliphatic heterocycles. The number of aromatic amines is 1. The molecule has 2 aromatic heterocycles. The predicted molar refractivity (Wildman–Crippen MR) is 100 cm³/mol. The second-order valence-electron chi connectivity index (χ2n) is 6.51. The van der Waals surface area contributed by atoms with Crippen LogP contribution in [0.1, 0.15) is 13.8 Å². The van der Waals surface area contributed by atoms with Gasteiger partial charge in [-0.05, 0) is 26.0 Å². The lowest BCUT2D eigenvalue weighted by molar-refractivity contribution is -0.123. The summed E-state index contributed by atoms with van der Waals surface area (Å²) in [5, 5.41) is 9.48. The summed E-state index contributed by atoms with van der Waals surface area (Å²) in [6.45, 7) is 6.00. The van der Waals surface area contributed by atoms with Gasteiger partial charge in [-0.2, -0.15) is 9.40 Å². The summed E-state index contributed by atoms with van der Waals surface area (Å²) in [4.78, 5) is 14.7. The molecule has 142 valence electrons. The number of nitrogens with zero attached hydrogens (tertiary/aromatic N) is 3. The van der Waals surface area contributed by atoms with Gasteiger partial charge in [-0.3, -0.25) is 14.8 Å². The highest BCUT2D eigenvalue weighted by atomic mass is 32.2. The summed E-state index contributed by atoms with van der Waals surface area (Å²) in [7, 11) is -3.51. The summed E-state index contributed by atoms with van der Waals surface area (Å²) < 4.78 is 27.5. The van der Waals surface area contributed by atoms with Gasteiger partial charge in [0.05, 0.1) is 12.7 Å². The highest BCUT2D eigenvalue weighted by Gasteiger charge is 2.30. The first-order valence-corrected chi connectivity index (χ1v) is 10.7. The molecule has 1 aliphatic rings. The molecule has 26 heavy (non-hydrogen) atoms. The fraction of sp³-hybridized carbons (Fsp3) is 0.500. The summed E-state index contributed by atoms with van der Waals surface area (Å²) in [5.41, 5.74) is 0.873. The van der Waals surface area contributed by atoms with Crippen LogP contribution < -0.4 is 5.32 Å². The molecule has 2 aromatic rings. The minimum absolute atomic E-state index is 0.0284. The molecular weight excluding hydrogens is 374 g/mol. The lowest BCUT2D eigenvalue weighted by Crippen LogP contribution is -2.51. The maximum absolute atomic E-state index is 12.9. The molecule has 8 nitrogen and oxygen atoms in total. The summed E-state index contributed by atoms with van der Waals surface area (Å²) >= 11 is 1.24. The maximum atomic E-state index is 12.9. The second kappa shape index (κ2) is 7.87. The van der Waals surface area contributed by atoms with Crippen molar-refractivity contribution in [1.82, 2.24) is 24.7 Å². The summed E-state index contributed by atoms with van der Waals surface area (Å²) in [6, 6.07) is 3.55. The Morgan fingerprint density at radius 2 is 2.04 bits per heavy atom. The van der Waals surface area contributed by atoms with Crippen LogP contribution >= 0.6 is 11.3 Å². The zero-order valence-corrected chi connectivity index (χ0v) is 16.4. The number of hydrogen-bond donors (Lipinski definition) is 2. The van der Waals surface area contributed by atoms with Crippen LogP contribution in [0.2, 0.25) is 0 Å². The summed E-state index contributed by atoms with van der Waals surface area (Å²) in [6.07, 6.45) is 3.41. The van der Waals surface area contributed by atoms with Gasteiger partial charge in [-0.25, -0.2) is 8.42 Å². The molecule has 1 amide bonds. The van der Waals surface area contributed by atoms with Gasteiger partial charge in [0, 0.05) is 48.9 Å². The first-order chi connectivity index (χ1) is 12.4. The third-order valence-electron chi connectivity index (χ3n) is 4.11. The van der Waals surface area contributed by atoms with Gasteiger partial charge >= 0.3 is 0 Å². The van der Waals surface area contributed by atoms with E-state index in [0.717, 1.165) is 10.4 Å². The van der Waals surface area contributed by atoms with Crippen LogP contribution in [0.4, 0.5) is 0 Å². The number of amides is 1. The number of thiophene rings is 1. The molecule has 0 atom stereocenters. The minimum atomic E-state index is -3.51. The van der Waals surface area contributed by atoms with Crippen LogP contribution in [0.3, 0.4) is 0 Å². The topological polar surface area (TPSA) is 98.4 Å². The van der Waals surface area contributed by atoms with Crippen molar-refractivity contribution in [3.05, 3.63) is 24.5 Å². The van der Waals surface area contributed by atoms with E-state index in [1.807, 2.05) is 18.7 Å². The van der Waals surface area contributed by atoms with Crippen LogP contribution in [0.5, 0.6) is 0 Å². The minimum Gasteiger partial charge on any atom is -0.353 e. The Morgan fingerprint density at radius 1 is 1.31 bits per heavy atom. The Bertz CT molecular complexity index is 837. The van der Waals surface area contributed by atoms with Crippen LogP contribution in [-0.4, -0.2) is 72.5 Å². The quantitative estimate of drug-likeness (QED) is 0.757. The van der Waals surface area contributed by atoms with E-state index in [0.29, 0.717) is 36.9 Å². The molecule has 3 rings (SSSR count). The van der Waals surface area contributed by atoms with Crippen LogP contribution in [0.25, 0.3) is 10.4 Å². The van der Waals surface area contributed by atoms with Gasteiger partial charge in [0.15, 0.2) is 0 Å². The van der Waals surface area contributed by atoms with Gasteiger partial charge in [0.2, 0.25) is 5.91 Å². The third kappa shape index (κ3) is 4.32. The number of sulfonamides is 1. The van der Waals surface area contributed by atoms with Crippen molar-refractivity contribution in [3.8, 4) is 10.4 Å². The monoisotopic (exact) mass is 397 g/mol. The lowest BCUT2D eigenvalue weighted by atomic mass is 10.3. The van der Waals surface area contributed by atoms with Crippen LogP contribution in [-0.2, 0) is 14.8 Å². The van der Waals surface area contributed by atoms with Gasteiger partial charge in [0.25, 0.3) is 10.0 Å². The number of hydrogen-bond acceptors (Lipinski definition) is 6. The zero-order chi connectivity index (χ0) is 18.7. The van der Waals surface area contributed by atoms with E-state index < -0.39 is 10.0 Å². The smallest absolute Gasteiger partial charge is 0.252 e. The third-order valence-corrected chi connectivity index (χ3v) is 7.61. The molecule has 0 unspecified atom stereocenters. The van der Waals surface area contributed by atoms with E-state index >= 15 is 0 Å². The van der Waals surface area contributed by atoms with Crippen molar-refractivity contribution >= 4 is 27.3 Å². The Hall–Kier alpha value is -1.75. The van der Waals surface area contributed by atoms with Gasteiger partial charge in [-0.15, -0.1) is 11.3 Å². The summed E-state index contributed by atoms with van der Waals surface area (Å²) in [5.74, 6) is -0.0284. The van der Waals surface area contributed by atoms with Crippen molar-refractivity contribution in [2.75, 3.05) is 32.7 Å². The molecule has 10 heteroatoms. The molecule has 2 N–H and O–H groups in total. The van der Waals surface area contributed by atoms with Crippen LogP contribution in [0.15, 0.2) is 28.7 Å². The first kappa shape index (κ1) is 19.0. The fourth-order valence-electron chi connectivity index (χ4n) is 2.83. The normalized spacial score (nSPS) is 16.9. The molecule has 0 spiro atoms. The van der Waals surface area contributed by atoms with Crippen LogP contribution in [0, 0.1) is 0 Å². The average molecular weight is 398 g/mol. The predicted octanol–water partition coefficient (Wildman–Crippen LogP) is 0.969. The molecule has 0 bridgehead atoms. The van der Waals surface area contributed by atoms with E-state index in [-0.39, 0.29) is 11.9 Å². The number of carbonyl (C=O) groups is 1. The standard InChI is InChI=1S/C16H23N5O3S2/c1-12(2)19-15(22)11-20-5-7-21(8-6-20)26(23,24)16-4-3-14(25-16)13-9-17-18-10-13/h3-4,9-10,12H,5-8,11H2,1-2H3,(H,17,18)(H,19,22). The molecule has 3 heterocycles. The number of carbonyl (C=O) groups excluding carboxylic acids is 1. The number of H-pyrrole nitrogens is 1. The highest BCUT2D eigenvalue weighted by molar-refractivity contribution is 7.91. The number of nitrogens with one attached hydrogen (secondary N) is 2. The van der Waals surface area contributed by atoms with Crippen molar-refractivity contribution in [3.63, 3.8) is 0 Å². The Morgan fingerprint density at radius 3 is 2.65 bits per heavy atom. The zero-order valence-electron chi connectivity index (χ0n) is 14.8. The number of aromatic nitrogens is 2. The van der Waals surface area contributed by atoms with Gasteiger partial charge in [-0.1, -0.05) is 0 Å². The van der Waals surface area contributed by atoms with E-state index in [2.05, 4.69) is 15.5 Å². The molecule has 0 aliphatic carbocycles. The molecule has 1 fully saturated rings. The van der Waals surface area contributed by atoms with Gasteiger partial charge < -0.3 is 5.32 Å². The first-order valence-electron chi connectivity index (χ1n) is 8.47. The maximum Gasteiger partial charge on any atom is 0.252 e. The number of piperazine rings is 1. The highest BCUT2D eigenvalue weighted by Crippen LogP contribution is 2.32. The second-order valence-corrected chi connectivity index (χ2v) is 9.76. The van der Waals surface area contributed by atoms with E-state index in [1.54, 1.807) is 24.5 Å². The van der Waals surface area contributed by atoms with Crippen molar-refractivity contribution in [2.45, 2.75) is 24.1 Å². The van der Waals surface area contributed by atoms with Crippen molar-refractivity contribution in [2.24, 2.45) is 0 Å². The van der Waals surface area contributed by atoms with Crippen molar-refractivity contribution < 1.29 is 13.2 Å². The SMILES string of the molecule is CC(C)NC(=O)CN1CCN(S(=O)(=O)c2ccc(-c3cn[nH]c3)s2)CC1. The van der Waals surface area contributed by atoms with Gasteiger partial charge in [0.1, 0.15) is 4.21 Å². The molecular formula is C16H23N5O3S2. The van der Waals surface area contributed by atoms with E-state index in [1.165, 1.54) is 15.6 Å². The average Bonchev–Trinajstić information content (AvgIpc) is 3.26. The Balaban J connectivity index is 1.61. The number of rotatable bonds is 6. The molecule has 0 radical (unpaired) electrons. The Kier molecular flexibility index (Phi) is 5.76. The Labute approximate surface area is 157 Å². The largest absolute Gasteiger partial charge is 0.353 e.